The van der Waals surface area contributed by atoms with Crippen molar-refractivity contribution in [3.05, 3.63) is 35.7 Å². The van der Waals surface area contributed by atoms with Crippen LogP contribution in [-0.2, 0) is 11.2 Å². The van der Waals surface area contributed by atoms with E-state index in [0.29, 0.717) is 11.3 Å². The molecule has 3 aliphatic carbocycles. The second-order valence-electron chi connectivity index (χ2n) is 10.7. The highest BCUT2D eigenvalue weighted by Crippen LogP contribution is 2.66. The summed E-state index contributed by atoms with van der Waals surface area (Å²) in [6, 6.07) is 2.37. The number of allylic oxidation sites excluding steroid dienone is 2. The number of hydrogen-bond acceptors (Lipinski definition) is 3. The predicted molar refractivity (Wildman–Crippen MR) is 127 cm³/mol. The van der Waals surface area contributed by atoms with Crippen molar-refractivity contribution in [2.75, 3.05) is 13.6 Å². The quantitative estimate of drug-likeness (QED) is 0.705. The Bertz CT molecular complexity index is 849. The van der Waals surface area contributed by atoms with E-state index in [9.17, 15) is 4.79 Å². The van der Waals surface area contributed by atoms with Crippen molar-refractivity contribution in [2.24, 2.45) is 40.2 Å². The van der Waals surface area contributed by atoms with E-state index in [1.165, 1.54) is 50.3 Å². The number of pyridine rings is 1. The molecule has 0 radical (unpaired) electrons. The standard InChI is InChI=1S/C26H36N2O.CH5N/c1-4-17-13-18(16-27-15-17)21-7-8-22-20-6-5-19-14-24(29)28-12-11-25(19,2)23(20)9-10-26(21,22)3;1-2/h7,13,15-16,19-20,22-23H,4-6,8-12,14H2,1-3H3,(H,28,29);2H2,1H3. The molecular formula is C27H41N3O. The molecule has 4 heteroatoms. The van der Waals surface area contributed by atoms with Gasteiger partial charge in [-0.2, -0.15) is 0 Å². The summed E-state index contributed by atoms with van der Waals surface area (Å²) in [4.78, 5) is 16.8. The fraction of sp³-hybridized carbons (Fsp3) is 0.704. The van der Waals surface area contributed by atoms with Gasteiger partial charge >= 0.3 is 0 Å². The maximum atomic E-state index is 12.2. The minimum absolute atomic E-state index is 0.283. The van der Waals surface area contributed by atoms with E-state index < -0.39 is 0 Å². The molecule has 1 aliphatic heterocycles. The molecule has 170 valence electrons. The lowest BCUT2D eigenvalue weighted by molar-refractivity contribution is -0.124. The Labute approximate surface area is 188 Å². The van der Waals surface area contributed by atoms with E-state index in [-0.39, 0.29) is 11.3 Å². The molecule has 4 nitrogen and oxygen atoms in total. The lowest BCUT2D eigenvalue weighted by Crippen LogP contribution is -2.51. The summed E-state index contributed by atoms with van der Waals surface area (Å²) >= 11 is 0. The Hall–Kier alpha value is -1.68. The Kier molecular flexibility index (Phi) is 6.31. The van der Waals surface area contributed by atoms with Crippen molar-refractivity contribution < 1.29 is 4.79 Å². The second kappa shape index (κ2) is 8.69. The van der Waals surface area contributed by atoms with Gasteiger partial charge in [0.15, 0.2) is 0 Å². The molecule has 3 N–H and O–H groups in total. The number of carbonyl (C=O) groups is 1. The molecule has 4 aliphatic rings. The first kappa shape index (κ1) is 22.5. The molecule has 2 heterocycles. The topological polar surface area (TPSA) is 68.0 Å². The number of rotatable bonds is 2. The molecule has 0 spiro atoms. The summed E-state index contributed by atoms with van der Waals surface area (Å²) in [6.45, 7) is 8.15. The smallest absolute Gasteiger partial charge is 0.220 e. The lowest BCUT2D eigenvalue weighted by Gasteiger charge is -2.58. The minimum Gasteiger partial charge on any atom is -0.356 e. The summed E-state index contributed by atoms with van der Waals surface area (Å²) in [5.74, 6) is 3.20. The lowest BCUT2D eigenvalue weighted by atomic mass is 9.46. The van der Waals surface area contributed by atoms with Crippen LogP contribution in [0.4, 0.5) is 0 Å². The van der Waals surface area contributed by atoms with E-state index in [4.69, 9.17) is 0 Å². The summed E-state index contributed by atoms with van der Waals surface area (Å²) in [6.07, 6.45) is 16.0. The van der Waals surface area contributed by atoms with Gasteiger partial charge in [-0.1, -0.05) is 26.8 Å². The zero-order chi connectivity index (χ0) is 22.2. The largest absolute Gasteiger partial charge is 0.356 e. The van der Waals surface area contributed by atoms with E-state index in [2.05, 4.69) is 55.1 Å². The van der Waals surface area contributed by atoms with Crippen LogP contribution in [-0.4, -0.2) is 24.5 Å². The number of aryl methyl sites for hydroxylation is 1. The number of nitrogens with one attached hydrogen (secondary N) is 1. The van der Waals surface area contributed by atoms with Gasteiger partial charge in [0.25, 0.3) is 0 Å². The fourth-order valence-corrected chi connectivity index (χ4v) is 7.87. The van der Waals surface area contributed by atoms with Crippen LogP contribution in [0.5, 0.6) is 0 Å². The van der Waals surface area contributed by atoms with E-state index in [1.807, 2.05) is 6.20 Å². The molecular weight excluding hydrogens is 382 g/mol. The number of amides is 1. The van der Waals surface area contributed by atoms with Crippen LogP contribution in [0.25, 0.3) is 5.57 Å². The van der Waals surface area contributed by atoms with Gasteiger partial charge < -0.3 is 11.1 Å². The first-order chi connectivity index (χ1) is 15.0. The number of hydrogen-bond donors (Lipinski definition) is 2. The summed E-state index contributed by atoms with van der Waals surface area (Å²) in [5, 5.41) is 3.16. The zero-order valence-corrected chi connectivity index (χ0v) is 19.9. The van der Waals surface area contributed by atoms with Crippen LogP contribution in [0.1, 0.15) is 76.8 Å². The molecule has 1 saturated heterocycles. The van der Waals surface area contributed by atoms with Crippen LogP contribution in [0, 0.1) is 34.5 Å². The molecule has 5 rings (SSSR count). The van der Waals surface area contributed by atoms with E-state index in [0.717, 1.165) is 43.6 Å². The number of carbonyl (C=O) groups excluding carboxylic acids is 1. The Morgan fingerprint density at radius 2 is 1.94 bits per heavy atom. The molecule has 0 aromatic carbocycles. The maximum Gasteiger partial charge on any atom is 0.220 e. The Balaban J connectivity index is 0.00000112. The molecule has 6 unspecified atom stereocenters. The molecule has 0 bridgehead atoms. The number of nitrogens with two attached hydrogens (primary N) is 1. The number of nitrogens with zero attached hydrogens (tertiary/aromatic N) is 1. The van der Waals surface area contributed by atoms with Crippen LogP contribution in [0.2, 0.25) is 0 Å². The number of fused-ring (bicyclic) bond motifs is 5. The predicted octanol–water partition coefficient (Wildman–Crippen LogP) is 4.98. The van der Waals surface area contributed by atoms with Gasteiger partial charge in [-0.25, -0.2) is 0 Å². The monoisotopic (exact) mass is 423 g/mol. The molecule has 6 atom stereocenters. The average Bonchev–Trinajstić information content (AvgIpc) is 3.06. The molecule has 31 heavy (non-hydrogen) atoms. The van der Waals surface area contributed by atoms with Crippen LogP contribution >= 0.6 is 0 Å². The minimum atomic E-state index is 0.283. The van der Waals surface area contributed by atoms with Gasteiger partial charge in [0, 0.05) is 25.4 Å². The van der Waals surface area contributed by atoms with Crippen molar-refractivity contribution in [1.29, 1.82) is 0 Å². The van der Waals surface area contributed by atoms with Crippen molar-refractivity contribution in [2.45, 2.75) is 72.1 Å². The van der Waals surface area contributed by atoms with Gasteiger partial charge in [0.1, 0.15) is 0 Å². The molecule has 3 fully saturated rings. The van der Waals surface area contributed by atoms with Crippen molar-refractivity contribution >= 4 is 11.5 Å². The van der Waals surface area contributed by atoms with Gasteiger partial charge in [0.2, 0.25) is 5.91 Å². The van der Waals surface area contributed by atoms with Crippen molar-refractivity contribution in [3.63, 3.8) is 0 Å². The first-order valence-electron chi connectivity index (χ1n) is 12.4. The highest BCUT2D eigenvalue weighted by molar-refractivity contribution is 5.76. The summed E-state index contributed by atoms with van der Waals surface area (Å²) in [5.41, 5.74) is 9.38. The van der Waals surface area contributed by atoms with Crippen LogP contribution in [0.3, 0.4) is 0 Å². The molecule has 1 amide bonds. The average molecular weight is 424 g/mol. The third-order valence-corrected chi connectivity index (χ3v) is 9.58. The van der Waals surface area contributed by atoms with E-state index >= 15 is 0 Å². The van der Waals surface area contributed by atoms with Crippen LogP contribution in [0.15, 0.2) is 24.5 Å². The van der Waals surface area contributed by atoms with Gasteiger partial charge in [-0.3, -0.25) is 9.78 Å². The van der Waals surface area contributed by atoms with Gasteiger partial charge in [-0.05, 0) is 109 Å². The SMILES string of the molecule is CCc1cncc(C2=CCC3C4CCC5CC(=O)NCCC5(C)C4CCC23C)c1.CN. The first-order valence-corrected chi connectivity index (χ1v) is 12.4. The Morgan fingerprint density at radius 3 is 2.71 bits per heavy atom. The summed E-state index contributed by atoms with van der Waals surface area (Å²) < 4.78 is 0. The third-order valence-electron chi connectivity index (χ3n) is 9.58. The molecule has 1 aromatic heterocycles. The van der Waals surface area contributed by atoms with Crippen molar-refractivity contribution in [3.8, 4) is 0 Å². The highest BCUT2D eigenvalue weighted by atomic mass is 16.1. The Morgan fingerprint density at radius 1 is 1.13 bits per heavy atom. The molecule has 2 saturated carbocycles. The normalized spacial score (nSPS) is 39.0. The molecule has 1 aromatic rings. The summed E-state index contributed by atoms with van der Waals surface area (Å²) in [7, 11) is 1.50. The second-order valence-corrected chi connectivity index (χ2v) is 10.7. The highest BCUT2D eigenvalue weighted by Gasteiger charge is 2.58. The number of aromatic nitrogens is 1. The van der Waals surface area contributed by atoms with E-state index in [1.54, 1.807) is 5.57 Å². The van der Waals surface area contributed by atoms with Crippen molar-refractivity contribution in [1.82, 2.24) is 10.3 Å². The maximum absolute atomic E-state index is 12.2. The fourth-order valence-electron chi connectivity index (χ4n) is 7.87. The zero-order valence-electron chi connectivity index (χ0n) is 19.9. The van der Waals surface area contributed by atoms with Gasteiger partial charge in [0.05, 0.1) is 0 Å². The van der Waals surface area contributed by atoms with Crippen LogP contribution < -0.4 is 11.1 Å². The third kappa shape index (κ3) is 3.65. The van der Waals surface area contributed by atoms with Gasteiger partial charge in [-0.15, -0.1) is 0 Å².